The molecule has 0 bridgehead atoms. The first-order valence-electron chi connectivity index (χ1n) is 9.99. The van der Waals surface area contributed by atoms with Crippen LogP contribution in [-0.4, -0.2) is 50.8 Å². The van der Waals surface area contributed by atoms with Crippen LogP contribution < -0.4 is 5.32 Å². The Bertz CT molecular complexity index is 1010. The van der Waals surface area contributed by atoms with Crippen LogP contribution in [0.1, 0.15) is 42.6 Å². The highest BCUT2D eigenvalue weighted by atomic mass is 32.2. The Morgan fingerprint density at radius 1 is 1.10 bits per heavy atom. The van der Waals surface area contributed by atoms with Crippen LogP contribution in [0.4, 0.5) is 4.39 Å². The van der Waals surface area contributed by atoms with E-state index in [2.05, 4.69) is 5.32 Å². The summed E-state index contributed by atoms with van der Waals surface area (Å²) >= 11 is 0. The van der Waals surface area contributed by atoms with Crippen LogP contribution >= 0.6 is 0 Å². The SMILES string of the molecule is CCN(CC)S(=O)(=O)c1ccc(F)c(C(=O)OCC(=O)NCC(C)c2ccccc2)c1. The number of nitrogens with zero attached hydrogens (tertiary/aromatic N) is 1. The normalized spacial score (nSPS) is 12.4. The van der Waals surface area contributed by atoms with Gasteiger partial charge in [0.15, 0.2) is 6.61 Å². The Hall–Kier alpha value is -2.78. The number of ether oxygens (including phenoxy) is 1. The van der Waals surface area contributed by atoms with Gasteiger partial charge in [-0.15, -0.1) is 0 Å². The molecular formula is C22H27FN2O5S. The van der Waals surface area contributed by atoms with Gasteiger partial charge in [0.05, 0.1) is 10.5 Å². The summed E-state index contributed by atoms with van der Waals surface area (Å²) in [6, 6.07) is 12.5. The molecule has 168 valence electrons. The van der Waals surface area contributed by atoms with E-state index in [1.165, 1.54) is 4.31 Å². The van der Waals surface area contributed by atoms with Crippen LogP contribution in [0.25, 0.3) is 0 Å². The van der Waals surface area contributed by atoms with E-state index in [0.29, 0.717) is 6.54 Å². The van der Waals surface area contributed by atoms with Gasteiger partial charge in [-0.05, 0) is 29.7 Å². The number of rotatable bonds is 10. The summed E-state index contributed by atoms with van der Waals surface area (Å²) in [5, 5.41) is 2.66. The molecule has 9 heteroatoms. The molecular weight excluding hydrogens is 423 g/mol. The largest absolute Gasteiger partial charge is 0.452 e. The number of benzene rings is 2. The van der Waals surface area contributed by atoms with Crippen molar-refractivity contribution in [2.75, 3.05) is 26.2 Å². The van der Waals surface area contributed by atoms with Crippen molar-refractivity contribution in [1.29, 1.82) is 0 Å². The molecule has 31 heavy (non-hydrogen) atoms. The number of sulfonamides is 1. The highest BCUT2D eigenvalue weighted by Gasteiger charge is 2.25. The van der Waals surface area contributed by atoms with Crippen molar-refractivity contribution in [3.63, 3.8) is 0 Å². The molecule has 0 aliphatic rings. The molecule has 2 rings (SSSR count). The van der Waals surface area contributed by atoms with Gasteiger partial charge >= 0.3 is 5.97 Å². The Labute approximate surface area is 182 Å². The molecule has 1 N–H and O–H groups in total. The van der Waals surface area contributed by atoms with Crippen molar-refractivity contribution in [3.05, 3.63) is 65.5 Å². The summed E-state index contributed by atoms with van der Waals surface area (Å²) < 4.78 is 45.4. The quantitative estimate of drug-likeness (QED) is 0.562. The van der Waals surface area contributed by atoms with Crippen molar-refractivity contribution < 1.29 is 27.1 Å². The third-order valence-corrected chi connectivity index (χ3v) is 6.86. The van der Waals surface area contributed by atoms with Crippen molar-refractivity contribution in [2.45, 2.75) is 31.6 Å². The Kier molecular flexibility index (Phi) is 8.70. The van der Waals surface area contributed by atoms with E-state index in [4.69, 9.17) is 4.74 Å². The van der Waals surface area contributed by atoms with Gasteiger partial charge in [-0.3, -0.25) is 4.79 Å². The number of carbonyl (C=O) groups excluding carboxylic acids is 2. The van der Waals surface area contributed by atoms with Crippen LogP contribution in [0.5, 0.6) is 0 Å². The molecule has 0 radical (unpaired) electrons. The Morgan fingerprint density at radius 2 is 1.74 bits per heavy atom. The highest BCUT2D eigenvalue weighted by Crippen LogP contribution is 2.20. The minimum atomic E-state index is -3.87. The molecule has 2 aromatic rings. The summed E-state index contributed by atoms with van der Waals surface area (Å²) in [5.41, 5.74) is 0.506. The van der Waals surface area contributed by atoms with E-state index in [0.717, 1.165) is 23.8 Å². The average molecular weight is 451 g/mol. The van der Waals surface area contributed by atoms with Gasteiger partial charge in [0.1, 0.15) is 5.82 Å². The van der Waals surface area contributed by atoms with E-state index >= 15 is 0 Å². The summed E-state index contributed by atoms with van der Waals surface area (Å²) in [6.45, 7) is 5.50. The van der Waals surface area contributed by atoms with E-state index in [-0.39, 0.29) is 23.9 Å². The summed E-state index contributed by atoms with van der Waals surface area (Å²) in [5.74, 6) is -2.52. The van der Waals surface area contributed by atoms with Gasteiger partial charge in [0, 0.05) is 19.6 Å². The Morgan fingerprint density at radius 3 is 2.35 bits per heavy atom. The maximum Gasteiger partial charge on any atom is 0.341 e. The second-order valence-electron chi connectivity index (χ2n) is 6.92. The fourth-order valence-corrected chi connectivity index (χ4v) is 4.44. The molecule has 2 aromatic carbocycles. The molecule has 0 spiro atoms. The number of hydrogen-bond acceptors (Lipinski definition) is 5. The number of carbonyl (C=O) groups is 2. The predicted molar refractivity (Wildman–Crippen MR) is 115 cm³/mol. The van der Waals surface area contributed by atoms with E-state index in [1.54, 1.807) is 13.8 Å². The first kappa shape index (κ1) is 24.5. The molecule has 0 saturated carbocycles. The third-order valence-electron chi connectivity index (χ3n) is 4.81. The standard InChI is InChI=1S/C22H27FN2O5S/c1-4-25(5-2)31(28,29)18-11-12-20(23)19(13-18)22(27)30-15-21(26)24-14-16(3)17-9-7-6-8-10-17/h6-13,16H,4-5,14-15H2,1-3H3,(H,24,26). The molecule has 0 heterocycles. The van der Waals surface area contributed by atoms with E-state index in [1.807, 2.05) is 37.3 Å². The summed E-state index contributed by atoms with van der Waals surface area (Å²) in [6.07, 6.45) is 0. The number of hydrogen-bond donors (Lipinski definition) is 1. The minimum absolute atomic E-state index is 0.0558. The van der Waals surface area contributed by atoms with E-state index in [9.17, 15) is 22.4 Å². The Balaban J connectivity index is 1.99. The smallest absolute Gasteiger partial charge is 0.341 e. The van der Waals surface area contributed by atoms with Gasteiger partial charge in [-0.25, -0.2) is 17.6 Å². The van der Waals surface area contributed by atoms with Gasteiger partial charge in [0.2, 0.25) is 10.0 Å². The van der Waals surface area contributed by atoms with Crippen LogP contribution in [0.2, 0.25) is 0 Å². The molecule has 7 nitrogen and oxygen atoms in total. The van der Waals surface area contributed by atoms with Crippen molar-refractivity contribution in [3.8, 4) is 0 Å². The van der Waals surface area contributed by atoms with Gasteiger partial charge < -0.3 is 10.1 Å². The van der Waals surface area contributed by atoms with Crippen molar-refractivity contribution >= 4 is 21.9 Å². The molecule has 0 aliphatic carbocycles. The number of esters is 1. The first-order valence-corrected chi connectivity index (χ1v) is 11.4. The van der Waals surface area contributed by atoms with Gasteiger partial charge in [-0.1, -0.05) is 51.1 Å². The maximum atomic E-state index is 14.1. The van der Waals surface area contributed by atoms with Crippen molar-refractivity contribution in [2.24, 2.45) is 0 Å². The van der Waals surface area contributed by atoms with Crippen LogP contribution in [-0.2, 0) is 19.6 Å². The predicted octanol–water partition coefficient (Wildman–Crippen LogP) is 2.93. The highest BCUT2D eigenvalue weighted by molar-refractivity contribution is 7.89. The van der Waals surface area contributed by atoms with Crippen molar-refractivity contribution in [1.82, 2.24) is 9.62 Å². The number of amides is 1. The van der Waals surface area contributed by atoms with Gasteiger partial charge in [-0.2, -0.15) is 4.31 Å². The lowest BCUT2D eigenvalue weighted by Gasteiger charge is -2.18. The molecule has 1 unspecified atom stereocenters. The fraction of sp³-hybridized carbons (Fsp3) is 0.364. The van der Waals surface area contributed by atoms with E-state index < -0.39 is 39.9 Å². The summed E-state index contributed by atoms with van der Waals surface area (Å²) in [4.78, 5) is 24.1. The molecule has 0 aliphatic heterocycles. The zero-order valence-electron chi connectivity index (χ0n) is 17.8. The monoisotopic (exact) mass is 450 g/mol. The topological polar surface area (TPSA) is 92.8 Å². The van der Waals surface area contributed by atoms with Crippen LogP contribution in [0, 0.1) is 5.82 Å². The molecule has 0 fully saturated rings. The molecule has 0 aromatic heterocycles. The van der Waals surface area contributed by atoms with Crippen LogP contribution in [0.15, 0.2) is 53.4 Å². The second-order valence-corrected chi connectivity index (χ2v) is 8.86. The zero-order chi connectivity index (χ0) is 23.0. The molecule has 1 atom stereocenters. The van der Waals surface area contributed by atoms with Gasteiger partial charge in [0.25, 0.3) is 5.91 Å². The lowest BCUT2D eigenvalue weighted by molar-refractivity contribution is -0.124. The molecule has 0 saturated heterocycles. The lowest BCUT2D eigenvalue weighted by atomic mass is 10.0. The minimum Gasteiger partial charge on any atom is -0.452 e. The molecule has 1 amide bonds. The second kappa shape index (κ2) is 11.0. The fourth-order valence-electron chi connectivity index (χ4n) is 2.96. The maximum absolute atomic E-state index is 14.1. The average Bonchev–Trinajstić information content (AvgIpc) is 2.77. The number of nitrogens with one attached hydrogen (secondary N) is 1. The number of halogens is 1. The zero-order valence-corrected chi connectivity index (χ0v) is 18.6. The lowest BCUT2D eigenvalue weighted by Crippen LogP contribution is -2.32. The third kappa shape index (κ3) is 6.35. The summed E-state index contributed by atoms with van der Waals surface area (Å²) in [7, 11) is -3.87. The van der Waals surface area contributed by atoms with Crippen LogP contribution in [0.3, 0.4) is 0 Å². The first-order chi connectivity index (χ1) is 14.7.